The second-order valence-electron chi connectivity index (χ2n) is 11.0. The lowest BCUT2D eigenvalue weighted by Gasteiger charge is -2.38. The van der Waals surface area contributed by atoms with Crippen LogP contribution in [0.5, 0.6) is 0 Å². The van der Waals surface area contributed by atoms with Gasteiger partial charge < -0.3 is 14.2 Å². The maximum absolute atomic E-state index is 13.1. The van der Waals surface area contributed by atoms with Crippen molar-refractivity contribution in [3.63, 3.8) is 0 Å². The van der Waals surface area contributed by atoms with Crippen molar-refractivity contribution in [1.82, 2.24) is 19.7 Å². The molecule has 5 heterocycles. The topological polar surface area (TPSA) is 76.4 Å². The number of pyridine rings is 1. The first kappa shape index (κ1) is 24.1. The van der Waals surface area contributed by atoms with Gasteiger partial charge in [0.1, 0.15) is 15.7 Å². The monoisotopic (exact) mass is 510 g/mol. The Labute approximate surface area is 212 Å². The van der Waals surface area contributed by atoms with E-state index in [1.165, 1.54) is 11.3 Å². The molecule has 8 nitrogen and oxygen atoms in total. The molecule has 0 bridgehead atoms. The van der Waals surface area contributed by atoms with Crippen molar-refractivity contribution in [3.8, 4) is 10.6 Å². The molecule has 0 unspecified atom stereocenters. The normalized spacial score (nSPS) is 18.9. The molecule has 0 saturated carbocycles. The molecule has 0 radical (unpaired) electrons. The van der Waals surface area contributed by atoms with Crippen LogP contribution in [-0.4, -0.2) is 59.7 Å². The zero-order valence-electron chi connectivity index (χ0n) is 21.4. The fourth-order valence-corrected chi connectivity index (χ4v) is 6.80. The van der Waals surface area contributed by atoms with Gasteiger partial charge in [-0.1, -0.05) is 20.8 Å². The highest BCUT2D eigenvalue weighted by atomic mass is 32.1. The lowest BCUT2D eigenvalue weighted by atomic mass is 10.1. The zero-order valence-corrected chi connectivity index (χ0v) is 23.2. The van der Waals surface area contributed by atoms with Crippen molar-refractivity contribution in [2.45, 2.75) is 57.8 Å². The summed E-state index contributed by atoms with van der Waals surface area (Å²) in [6, 6.07) is 4.13. The first-order valence-corrected chi connectivity index (χ1v) is 15.9. The molecule has 1 fully saturated rings. The number of aromatic nitrogens is 4. The first-order valence-electron chi connectivity index (χ1n) is 12.2. The van der Waals surface area contributed by atoms with Crippen molar-refractivity contribution in [2.24, 2.45) is 7.05 Å². The Morgan fingerprint density at radius 3 is 2.63 bits per heavy atom. The van der Waals surface area contributed by atoms with Crippen LogP contribution in [-0.2, 0) is 17.9 Å². The Kier molecular flexibility index (Phi) is 6.09. The number of carbonyl (C=O) groups excluding carboxylic acids is 1. The molecule has 5 rings (SSSR count). The summed E-state index contributed by atoms with van der Waals surface area (Å²) in [4.78, 5) is 27.5. The maximum Gasteiger partial charge on any atom is 0.270 e. The Morgan fingerprint density at radius 1 is 1.17 bits per heavy atom. The third-order valence-corrected chi connectivity index (χ3v) is 13.1. The van der Waals surface area contributed by atoms with E-state index in [0.29, 0.717) is 11.4 Å². The summed E-state index contributed by atoms with van der Waals surface area (Å²) in [5.41, 5.74) is 2.65. The van der Waals surface area contributed by atoms with E-state index in [0.717, 1.165) is 53.7 Å². The van der Waals surface area contributed by atoms with Crippen LogP contribution < -0.4 is 9.80 Å². The molecule has 3 aromatic rings. The number of rotatable bonds is 5. The van der Waals surface area contributed by atoms with Crippen molar-refractivity contribution in [2.75, 3.05) is 29.4 Å². The van der Waals surface area contributed by atoms with Gasteiger partial charge in [-0.25, -0.2) is 9.97 Å². The van der Waals surface area contributed by atoms with Gasteiger partial charge in [-0.05, 0) is 36.7 Å². The van der Waals surface area contributed by atoms with Gasteiger partial charge in [-0.2, -0.15) is 5.10 Å². The Bertz CT molecular complexity index is 1230. The molecule has 1 saturated heterocycles. The van der Waals surface area contributed by atoms with Crippen LogP contribution in [0.25, 0.3) is 10.6 Å². The average molecular weight is 511 g/mol. The number of anilines is 2. The van der Waals surface area contributed by atoms with Crippen molar-refractivity contribution < 1.29 is 9.22 Å². The number of thiazole rings is 1. The lowest BCUT2D eigenvalue weighted by molar-refractivity contribution is 0.0984. The Balaban J connectivity index is 1.27. The minimum atomic E-state index is -1.78. The van der Waals surface area contributed by atoms with Gasteiger partial charge in [0, 0.05) is 51.1 Å². The standard InChI is InChI=1S/C25H34N6O2SSi/c1-25(2,3)35(5,6)33-19-9-11-30(16-19)21-8-7-17(13-26-21)23-28-20-10-12-31(24(32)22(20)34-23)18-14-27-29(4)15-18/h7-8,13-15,19H,9-12,16H2,1-6H3/t19-/m0/s1. The lowest BCUT2D eigenvalue weighted by Crippen LogP contribution is -2.44. The molecule has 186 valence electrons. The molecule has 2 aliphatic rings. The van der Waals surface area contributed by atoms with Crippen molar-refractivity contribution in [1.29, 1.82) is 0 Å². The summed E-state index contributed by atoms with van der Waals surface area (Å²) in [5.74, 6) is 0.965. The van der Waals surface area contributed by atoms with Gasteiger partial charge in [0.15, 0.2) is 8.32 Å². The molecule has 3 aromatic heterocycles. The molecule has 2 aliphatic heterocycles. The van der Waals surface area contributed by atoms with E-state index in [1.807, 2.05) is 19.4 Å². The van der Waals surface area contributed by atoms with Gasteiger partial charge in [-0.3, -0.25) is 9.48 Å². The van der Waals surface area contributed by atoms with Crippen LogP contribution >= 0.6 is 11.3 Å². The quantitative estimate of drug-likeness (QED) is 0.462. The summed E-state index contributed by atoms with van der Waals surface area (Å²) in [7, 11) is 0.0761. The summed E-state index contributed by atoms with van der Waals surface area (Å²) >= 11 is 1.45. The Morgan fingerprint density at radius 2 is 1.97 bits per heavy atom. The third kappa shape index (κ3) is 4.66. The van der Waals surface area contributed by atoms with Crippen LogP contribution in [0.15, 0.2) is 30.7 Å². The molecule has 10 heteroatoms. The van der Waals surface area contributed by atoms with Gasteiger partial charge >= 0.3 is 0 Å². The van der Waals surface area contributed by atoms with Crippen LogP contribution in [0.4, 0.5) is 11.5 Å². The molecule has 0 N–H and O–H groups in total. The smallest absolute Gasteiger partial charge is 0.270 e. The van der Waals surface area contributed by atoms with E-state index >= 15 is 0 Å². The van der Waals surface area contributed by atoms with Crippen LogP contribution in [0, 0.1) is 0 Å². The Hall–Kier alpha value is -2.56. The molecule has 0 spiro atoms. The molecule has 35 heavy (non-hydrogen) atoms. The van der Waals surface area contributed by atoms with Crippen molar-refractivity contribution in [3.05, 3.63) is 41.3 Å². The summed E-state index contributed by atoms with van der Waals surface area (Å²) in [6.45, 7) is 13.9. The third-order valence-electron chi connectivity index (χ3n) is 7.44. The largest absolute Gasteiger partial charge is 0.412 e. The summed E-state index contributed by atoms with van der Waals surface area (Å²) < 4.78 is 8.34. The molecular weight excluding hydrogens is 476 g/mol. The van der Waals surface area contributed by atoms with Crippen LogP contribution in [0.1, 0.15) is 42.6 Å². The summed E-state index contributed by atoms with van der Waals surface area (Å²) in [5, 5.41) is 5.26. The number of aryl methyl sites for hydroxylation is 1. The second-order valence-corrected chi connectivity index (χ2v) is 16.8. The predicted octanol–water partition coefficient (Wildman–Crippen LogP) is 4.74. The van der Waals surface area contributed by atoms with E-state index in [4.69, 9.17) is 14.4 Å². The highest BCUT2D eigenvalue weighted by molar-refractivity contribution is 7.17. The number of nitrogens with zero attached hydrogens (tertiary/aromatic N) is 6. The molecular formula is C25H34N6O2SSi. The number of hydrogen-bond donors (Lipinski definition) is 0. The van der Waals surface area contributed by atoms with Crippen LogP contribution in [0.3, 0.4) is 0 Å². The second kappa shape index (κ2) is 8.83. The number of amides is 1. The van der Waals surface area contributed by atoms with E-state index in [-0.39, 0.29) is 17.0 Å². The number of hydrogen-bond acceptors (Lipinski definition) is 7. The van der Waals surface area contributed by atoms with E-state index < -0.39 is 8.32 Å². The molecule has 1 atom stereocenters. The van der Waals surface area contributed by atoms with Gasteiger partial charge in [0.05, 0.1) is 23.7 Å². The van der Waals surface area contributed by atoms with E-state index in [1.54, 1.807) is 15.8 Å². The molecule has 0 aromatic carbocycles. The fourth-order valence-electron chi connectivity index (χ4n) is 4.37. The highest BCUT2D eigenvalue weighted by Crippen LogP contribution is 2.39. The van der Waals surface area contributed by atoms with E-state index in [9.17, 15) is 4.79 Å². The van der Waals surface area contributed by atoms with Crippen molar-refractivity contribution >= 4 is 37.1 Å². The number of fused-ring (bicyclic) bond motifs is 1. The molecule has 0 aliphatic carbocycles. The maximum atomic E-state index is 13.1. The SMILES string of the molecule is Cn1cc(N2CCc3nc(-c4ccc(N5CC[C@H](O[Si](C)(C)C(C)(C)C)C5)nc4)sc3C2=O)cn1. The minimum absolute atomic E-state index is 0.00239. The van der Waals surface area contributed by atoms with Gasteiger partial charge in [0.2, 0.25) is 0 Å². The summed E-state index contributed by atoms with van der Waals surface area (Å²) in [6.07, 6.45) is 7.51. The molecule has 1 amide bonds. The first-order chi connectivity index (χ1) is 16.5. The van der Waals surface area contributed by atoms with Gasteiger partial charge in [-0.15, -0.1) is 11.3 Å². The number of carbonyl (C=O) groups is 1. The predicted molar refractivity (Wildman–Crippen MR) is 143 cm³/mol. The minimum Gasteiger partial charge on any atom is -0.412 e. The highest BCUT2D eigenvalue weighted by Gasteiger charge is 2.40. The fraction of sp³-hybridized carbons (Fsp3) is 0.520. The average Bonchev–Trinajstić information content (AvgIpc) is 3.53. The van der Waals surface area contributed by atoms with E-state index in [2.05, 4.69) is 56.0 Å². The van der Waals surface area contributed by atoms with Crippen LogP contribution in [0.2, 0.25) is 18.1 Å². The zero-order chi connectivity index (χ0) is 25.0. The van der Waals surface area contributed by atoms with Gasteiger partial charge in [0.25, 0.3) is 5.91 Å².